The highest BCUT2D eigenvalue weighted by atomic mass is 79.9. The summed E-state index contributed by atoms with van der Waals surface area (Å²) in [6.07, 6.45) is 0. The Hall–Kier alpha value is -1.28. The lowest BCUT2D eigenvalue weighted by Crippen LogP contribution is -2.23. The number of hydrogen-bond donors (Lipinski definition) is 1. The van der Waals surface area contributed by atoms with Crippen LogP contribution in [-0.2, 0) is 4.79 Å². The number of benzene rings is 1. The van der Waals surface area contributed by atoms with Gasteiger partial charge in [0.2, 0.25) is 0 Å². The van der Waals surface area contributed by atoms with E-state index < -0.39 is 11.9 Å². The lowest BCUT2D eigenvalue weighted by Gasteiger charge is -2.17. The minimum atomic E-state index is -0.881. The van der Waals surface area contributed by atoms with Crippen molar-refractivity contribution < 1.29 is 9.90 Å². The fourth-order valence-corrected chi connectivity index (χ4v) is 2.96. The largest absolute Gasteiger partial charge is 0.481 e. The van der Waals surface area contributed by atoms with Gasteiger partial charge in [0.25, 0.3) is 0 Å². The summed E-state index contributed by atoms with van der Waals surface area (Å²) in [5.74, 6) is -0.940. The Morgan fingerprint density at radius 2 is 2.05 bits per heavy atom. The highest BCUT2D eigenvalue weighted by Gasteiger charge is 2.25. The Bertz CT molecular complexity index is 644. The third-order valence-corrected chi connectivity index (χ3v) is 4.31. The Labute approximate surface area is 132 Å². The van der Waals surface area contributed by atoms with Crippen LogP contribution in [0.4, 0.5) is 0 Å². The van der Waals surface area contributed by atoms with E-state index in [2.05, 4.69) is 47.4 Å². The molecule has 1 aromatic heterocycles. The van der Waals surface area contributed by atoms with E-state index in [1.807, 2.05) is 18.2 Å². The molecule has 2 rings (SSSR count). The highest BCUT2D eigenvalue weighted by molar-refractivity contribution is 9.11. The predicted molar refractivity (Wildman–Crippen MR) is 80.2 cm³/mol. The van der Waals surface area contributed by atoms with E-state index in [4.69, 9.17) is 5.11 Å². The minimum absolute atomic E-state index is 0.354. The maximum absolute atomic E-state index is 11.1. The molecular formula is C12H12Br2N4O2. The van der Waals surface area contributed by atoms with Crippen molar-refractivity contribution in [1.82, 2.24) is 20.2 Å². The lowest BCUT2D eigenvalue weighted by atomic mass is 10.0. The van der Waals surface area contributed by atoms with Gasteiger partial charge in [-0.2, -0.15) is 0 Å². The summed E-state index contributed by atoms with van der Waals surface area (Å²) >= 11 is 6.85. The van der Waals surface area contributed by atoms with Gasteiger partial charge in [-0.1, -0.05) is 15.9 Å². The van der Waals surface area contributed by atoms with E-state index in [9.17, 15) is 4.79 Å². The van der Waals surface area contributed by atoms with E-state index in [-0.39, 0.29) is 6.04 Å². The van der Waals surface area contributed by atoms with Crippen molar-refractivity contribution in [3.63, 3.8) is 0 Å². The number of halogens is 2. The number of nitrogens with zero attached hydrogens (tertiary/aromatic N) is 4. The van der Waals surface area contributed by atoms with Crippen LogP contribution in [0.2, 0.25) is 0 Å². The van der Waals surface area contributed by atoms with E-state index >= 15 is 0 Å². The molecule has 0 amide bonds. The fourth-order valence-electron chi connectivity index (χ4n) is 1.73. The molecule has 2 aromatic rings. The molecule has 1 N–H and O–H groups in total. The smallest absolute Gasteiger partial charge is 0.308 e. The molecule has 8 heteroatoms. The maximum Gasteiger partial charge on any atom is 0.308 e. The summed E-state index contributed by atoms with van der Waals surface area (Å²) in [6, 6.07) is 5.28. The van der Waals surface area contributed by atoms with Gasteiger partial charge >= 0.3 is 5.97 Å². The zero-order chi connectivity index (χ0) is 14.9. The number of carbonyl (C=O) groups is 1. The number of aliphatic carboxylic acids is 1. The highest BCUT2D eigenvalue weighted by Crippen LogP contribution is 2.31. The van der Waals surface area contributed by atoms with Crippen molar-refractivity contribution in [3.8, 4) is 11.4 Å². The Morgan fingerprint density at radius 3 is 2.65 bits per heavy atom. The lowest BCUT2D eigenvalue weighted by molar-refractivity contribution is -0.142. The van der Waals surface area contributed by atoms with Gasteiger partial charge in [0, 0.05) is 14.5 Å². The third-order valence-electron chi connectivity index (χ3n) is 3.16. The van der Waals surface area contributed by atoms with Crippen LogP contribution in [-0.4, -0.2) is 31.3 Å². The van der Waals surface area contributed by atoms with Gasteiger partial charge in [-0.25, -0.2) is 4.68 Å². The zero-order valence-electron chi connectivity index (χ0n) is 10.8. The zero-order valence-corrected chi connectivity index (χ0v) is 14.0. The van der Waals surface area contributed by atoms with Crippen molar-refractivity contribution in [2.45, 2.75) is 19.9 Å². The van der Waals surface area contributed by atoms with E-state index in [1.165, 1.54) is 4.68 Å². The molecule has 106 valence electrons. The summed E-state index contributed by atoms with van der Waals surface area (Å²) in [7, 11) is 0. The molecule has 1 heterocycles. The van der Waals surface area contributed by atoms with Crippen molar-refractivity contribution in [2.24, 2.45) is 5.92 Å². The normalized spacial score (nSPS) is 14.0. The topological polar surface area (TPSA) is 80.9 Å². The summed E-state index contributed by atoms with van der Waals surface area (Å²) in [4.78, 5) is 11.1. The Morgan fingerprint density at radius 1 is 1.35 bits per heavy atom. The SMILES string of the molecule is CC(C(=O)O)C(C)n1nnnc1-c1ccc(Br)cc1Br. The van der Waals surface area contributed by atoms with E-state index in [1.54, 1.807) is 13.8 Å². The summed E-state index contributed by atoms with van der Waals surface area (Å²) in [6.45, 7) is 3.42. The van der Waals surface area contributed by atoms with E-state index in [0.717, 1.165) is 14.5 Å². The first-order valence-corrected chi connectivity index (χ1v) is 7.46. The maximum atomic E-state index is 11.1. The molecule has 2 unspecified atom stereocenters. The van der Waals surface area contributed by atoms with Crippen molar-refractivity contribution in [3.05, 3.63) is 27.1 Å². The van der Waals surface area contributed by atoms with Crippen LogP contribution in [0.5, 0.6) is 0 Å². The number of hydrogen-bond acceptors (Lipinski definition) is 4. The molecule has 1 aromatic carbocycles. The van der Waals surface area contributed by atoms with Crippen molar-refractivity contribution in [1.29, 1.82) is 0 Å². The molecule has 0 radical (unpaired) electrons. The summed E-state index contributed by atoms with van der Waals surface area (Å²) in [5.41, 5.74) is 0.808. The monoisotopic (exact) mass is 402 g/mol. The summed E-state index contributed by atoms with van der Waals surface area (Å²) < 4.78 is 3.30. The number of carboxylic acids is 1. The molecule has 0 aliphatic carbocycles. The Kier molecular flexibility index (Phi) is 4.54. The van der Waals surface area contributed by atoms with Crippen molar-refractivity contribution >= 4 is 37.8 Å². The third kappa shape index (κ3) is 2.90. The molecule has 2 atom stereocenters. The average molecular weight is 404 g/mol. The summed E-state index contributed by atoms with van der Waals surface area (Å²) in [5, 5.41) is 20.7. The van der Waals surface area contributed by atoms with Gasteiger partial charge in [0.05, 0.1) is 12.0 Å². The second-order valence-electron chi connectivity index (χ2n) is 4.44. The number of tetrazole rings is 1. The Balaban J connectivity index is 2.45. The quantitative estimate of drug-likeness (QED) is 0.847. The molecule has 0 aliphatic heterocycles. The molecule has 20 heavy (non-hydrogen) atoms. The van der Waals surface area contributed by atoms with Crippen LogP contribution >= 0.6 is 31.9 Å². The van der Waals surface area contributed by atoms with Gasteiger partial charge in [0.15, 0.2) is 5.82 Å². The van der Waals surface area contributed by atoms with Crippen LogP contribution in [0.3, 0.4) is 0 Å². The van der Waals surface area contributed by atoms with Gasteiger partial charge in [-0.05, 0) is 58.4 Å². The van der Waals surface area contributed by atoms with Gasteiger partial charge < -0.3 is 5.11 Å². The van der Waals surface area contributed by atoms with Crippen LogP contribution in [0.15, 0.2) is 27.1 Å². The number of rotatable bonds is 4. The van der Waals surface area contributed by atoms with Crippen LogP contribution < -0.4 is 0 Å². The average Bonchev–Trinajstić information content (AvgIpc) is 2.85. The molecule has 0 saturated heterocycles. The first-order valence-electron chi connectivity index (χ1n) is 5.88. The molecule has 0 saturated carbocycles. The molecule has 6 nitrogen and oxygen atoms in total. The molecular weight excluding hydrogens is 392 g/mol. The molecule has 0 aliphatic rings. The van der Waals surface area contributed by atoms with Gasteiger partial charge in [-0.3, -0.25) is 4.79 Å². The first kappa shape index (κ1) is 15.1. The van der Waals surface area contributed by atoms with E-state index in [0.29, 0.717) is 5.82 Å². The standard InChI is InChI=1S/C12H12Br2N4O2/c1-6(12(19)20)7(2)18-11(15-16-17-18)9-4-3-8(13)5-10(9)14/h3-7H,1-2H3,(H,19,20). The minimum Gasteiger partial charge on any atom is -0.481 e. The van der Waals surface area contributed by atoms with Crippen LogP contribution in [0.1, 0.15) is 19.9 Å². The fraction of sp³-hybridized carbons (Fsp3) is 0.333. The molecule has 0 fully saturated rings. The predicted octanol–water partition coefficient (Wildman–Crippen LogP) is 3.15. The second kappa shape index (κ2) is 6.01. The molecule has 0 spiro atoms. The van der Waals surface area contributed by atoms with Crippen LogP contribution in [0, 0.1) is 5.92 Å². The van der Waals surface area contributed by atoms with Crippen LogP contribution in [0.25, 0.3) is 11.4 Å². The van der Waals surface area contributed by atoms with Gasteiger partial charge in [-0.15, -0.1) is 5.10 Å². The first-order chi connectivity index (χ1) is 9.41. The van der Waals surface area contributed by atoms with Gasteiger partial charge in [0.1, 0.15) is 0 Å². The molecule has 0 bridgehead atoms. The number of carboxylic acid groups (broad SMARTS) is 1. The van der Waals surface area contributed by atoms with Crippen molar-refractivity contribution in [2.75, 3.05) is 0 Å². The number of aromatic nitrogens is 4. The second-order valence-corrected chi connectivity index (χ2v) is 6.21.